The number of rotatable bonds is 4. The molecule has 5 heteroatoms. The molecular formula is C47H28N4O. The Labute approximate surface area is 298 Å². The highest BCUT2D eigenvalue weighted by molar-refractivity contribution is 6.15. The third kappa shape index (κ3) is 4.39. The highest BCUT2D eigenvalue weighted by Crippen LogP contribution is 2.39. The Kier molecular flexibility index (Phi) is 6.18. The fourth-order valence-corrected chi connectivity index (χ4v) is 7.79. The maximum absolute atomic E-state index is 6.26. The van der Waals surface area contributed by atoms with Crippen LogP contribution >= 0.6 is 0 Å². The molecule has 0 unspecified atom stereocenters. The molecule has 11 aromatic rings. The first-order valence-electron chi connectivity index (χ1n) is 17.4. The second-order valence-corrected chi connectivity index (χ2v) is 13.2. The van der Waals surface area contributed by atoms with E-state index < -0.39 is 0 Å². The molecule has 5 nitrogen and oxygen atoms in total. The number of hydrogen-bond acceptors (Lipinski definition) is 4. The zero-order valence-corrected chi connectivity index (χ0v) is 27.9. The molecule has 0 atom stereocenters. The Bertz CT molecular complexity index is 3190. The van der Waals surface area contributed by atoms with Crippen LogP contribution in [-0.4, -0.2) is 19.5 Å². The Hall–Kier alpha value is -7.11. The van der Waals surface area contributed by atoms with Crippen molar-refractivity contribution < 1.29 is 4.42 Å². The zero-order valence-electron chi connectivity index (χ0n) is 27.9. The molecule has 0 aliphatic rings. The molecule has 242 valence electrons. The van der Waals surface area contributed by atoms with E-state index in [2.05, 4.69) is 120 Å². The van der Waals surface area contributed by atoms with Gasteiger partial charge in [-0.1, -0.05) is 121 Å². The van der Waals surface area contributed by atoms with Gasteiger partial charge in [0, 0.05) is 43.6 Å². The molecule has 52 heavy (non-hydrogen) atoms. The number of nitrogens with zero attached hydrogens (tertiary/aromatic N) is 4. The summed E-state index contributed by atoms with van der Waals surface area (Å²) in [6, 6.07) is 59.3. The van der Waals surface area contributed by atoms with Gasteiger partial charge in [-0.05, 0) is 64.7 Å². The molecule has 0 fully saturated rings. The van der Waals surface area contributed by atoms with Crippen molar-refractivity contribution >= 4 is 65.3 Å². The fourth-order valence-electron chi connectivity index (χ4n) is 7.79. The van der Waals surface area contributed by atoms with Gasteiger partial charge < -0.3 is 8.98 Å². The molecule has 11 rings (SSSR count). The first kappa shape index (κ1) is 28.7. The molecule has 8 aromatic carbocycles. The summed E-state index contributed by atoms with van der Waals surface area (Å²) in [4.78, 5) is 15.3. The van der Waals surface area contributed by atoms with E-state index in [1.54, 1.807) is 0 Å². The van der Waals surface area contributed by atoms with Gasteiger partial charge in [-0.3, -0.25) is 0 Å². The van der Waals surface area contributed by atoms with Crippen LogP contribution in [0, 0.1) is 0 Å². The number of fused-ring (bicyclic) bond motifs is 8. The van der Waals surface area contributed by atoms with Crippen LogP contribution < -0.4 is 0 Å². The average Bonchev–Trinajstić information content (AvgIpc) is 3.74. The minimum Gasteiger partial charge on any atom is -0.456 e. The number of benzene rings is 8. The zero-order chi connectivity index (χ0) is 34.2. The van der Waals surface area contributed by atoms with Gasteiger partial charge in [0.15, 0.2) is 17.5 Å². The highest BCUT2D eigenvalue weighted by Gasteiger charge is 2.19. The number of furan rings is 1. The molecule has 0 spiro atoms. The quantitative estimate of drug-likeness (QED) is 0.188. The molecule has 0 amide bonds. The number of aromatic nitrogens is 4. The average molecular weight is 665 g/mol. The summed E-state index contributed by atoms with van der Waals surface area (Å²) in [5, 5.41) is 9.25. The summed E-state index contributed by atoms with van der Waals surface area (Å²) in [5.41, 5.74) is 7.84. The SMILES string of the molecule is c1ccc(-c2nc(-c3ccc4c(c3)oc3ccccc34)nc(-c3ccc(-n4c5ccccc5c5cc6ccccc6cc54)c4ccccc34)n2)cc1. The molecule has 3 aromatic heterocycles. The van der Waals surface area contributed by atoms with Crippen LogP contribution in [-0.2, 0) is 0 Å². The second kappa shape index (κ2) is 11.2. The molecule has 0 aliphatic carbocycles. The van der Waals surface area contributed by atoms with Crippen LogP contribution in [0.4, 0.5) is 0 Å². The van der Waals surface area contributed by atoms with Crippen LogP contribution in [0.5, 0.6) is 0 Å². The fraction of sp³-hybridized carbons (Fsp3) is 0. The predicted molar refractivity (Wildman–Crippen MR) is 213 cm³/mol. The van der Waals surface area contributed by atoms with Crippen LogP contribution in [0.15, 0.2) is 174 Å². The lowest BCUT2D eigenvalue weighted by molar-refractivity contribution is 0.669. The van der Waals surface area contributed by atoms with E-state index in [0.29, 0.717) is 17.5 Å². The number of para-hydroxylation sites is 2. The van der Waals surface area contributed by atoms with Crippen LogP contribution in [0.25, 0.3) is 105 Å². The summed E-state index contributed by atoms with van der Waals surface area (Å²) in [6.45, 7) is 0. The monoisotopic (exact) mass is 664 g/mol. The van der Waals surface area contributed by atoms with E-state index in [-0.39, 0.29) is 0 Å². The standard InChI is InChI=1S/C47H28N4O/c1-2-12-29(13-3-1)45-48-46(32-22-23-37-36-19-9-11-21-43(36)52-44(37)28-32)50-47(49-45)38-24-25-41(34-17-7-6-16-33(34)38)51-40-20-10-8-18-35(40)39-26-30-14-4-5-15-31(30)27-42(39)51/h1-28H. The molecule has 0 N–H and O–H groups in total. The van der Waals surface area contributed by atoms with Gasteiger partial charge >= 0.3 is 0 Å². The maximum atomic E-state index is 6.26. The maximum Gasteiger partial charge on any atom is 0.164 e. The van der Waals surface area contributed by atoms with Crippen LogP contribution in [0.2, 0.25) is 0 Å². The van der Waals surface area contributed by atoms with Crippen molar-refractivity contribution in [3.8, 4) is 39.9 Å². The molecular weight excluding hydrogens is 637 g/mol. The lowest BCUT2D eigenvalue weighted by Gasteiger charge is -2.15. The first-order valence-corrected chi connectivity index (χ1v) is 17.4. The van der Waals surface area contributed by atoms with Gasteiger partial charge in [-0.2, -0.15) is 0 Å². The van der Waals surface area contributed by atoms with Gasteiger partial charge in [0.1, 0.15) is 11.2 Å². The van der Waals surface area contributed by atoms with E-state index in [4.69, 9.17) is 19.4 Å². The van der Waals surface area contributed by atoms with E-state index in [0.717, 1.165) is 55.1 Å². The summed E-state index contributed by atoms with van der Waals surface area (Å²) in [7, 11) is 0. The molecule has 0 radical (unpaired) electrons. The van der Waals surface area contributed by atoms with E-state index in [1.807, 2.05) is 54.6 Å². The Balaban J connectivity index is 1.14. The lowest BCUT2D eigenvalue weighted by atomic mass is 10.0. The van der Waals surface area contributed by atoms with Crippen molar-refractivity contribution in [1.82, 2.24) is 19.5 Å². The topological polar surface area (TPSA) is 56.7 Å². The predicted octanol–water partition coefficient (Wildman–Crippen LogP) is 12.2. The van der Waals surface area contributed by atoms with Gasteiger partial charge in [0.05, 0.1) is 16.7 Å². The summed E-state index contributed by atoms with van der Waals surface area (Å²) < 4.78 is 8.66. The van der Waals surface area contributed by atoms with E-state index in [1.165, 1.54) is 32.6 Å². The second-order valence-electron chi connectivity index (χ2n) is 13.2. The Morgan fingerprint density at radius 3 is 1.85 bits per heavy atom. The molecule has 3 heterocycles. The van der Waals surface area contributed by atoms with Gasteiger partial charge in [0.25, 0.3) is 0 Å². The third-order valence-corrected chi connectivity index (χ3v) is 10.2. The normalized spacial score (nSPS) is 11.8. The molecule has 0 bridgehead atoms. The lowest BCUT2D eigenvalue weighted by Crippen LogP contribution is -2.01. The summed E-state index contributed by atoms with van der Waals surface area (Å²) >= 11 is 0. The van der Waals surface area contributed by atoms with Gasteiger partial charge in [0.2, 0.25) is 0 Å². The smallest absolute Gasteiger partial charge is 0.164 e. The van der Waals surface area contributed by atoms with Crippen molar-refractivity contribution in [3.63, 3.8) is 0 Å². The van der Waals surface area contributed by atoms with Crippen molar-refractivity contribution in [2.24, 2.45) is 0 Å². The van der Waals surface area contributed by atoms with Crippen molar-refractivity contribution in [2.45, 2.75) is 0 Å². The van der Waals surface area contributed by atoms with Gasteiger partial charge in [-0.15, -0.1) is 0 Å². The summed E-state index contributed by atoms with van der Waals surface area (Å²) in [6.07, 6.45) is 0. The molecule has 0 saturated carbocycles. The van der Waals surface area contributed by atoms with Crippen LogP contribution in [0.3, 0.4) is 0 Å². The summed E-state index contributed by atoms with van der Waals surface area (Å²) in [5.74, 6) is 1.82. The molecule has 0 aliphatic heterocycles. The highest BCUT2D eigenvalue weighted by atomic mass is 16.3. The van der Waals surface area contributed by atoms with E-state index in [9.17, 15) is 0 Å². The van der Waals surface area contributed by atoms with Crippen LogP contribution in [0.1, 0.15) is 0 Å². The Morgan fingerprint density at radius 2 is 1.00 bits per heavy atom. The minimum atomic E-state index is 0.591. The molecule has 0 saturated heterocycles. The Morgan fingerprint density at radius 1 is 0.365 bits per heavy atom. The van der Waals surface area contributed by atoms with Crippen molar-refractivity contribution in [2.75, 3.05) is 0 Å². The third-order valence-electron chi connectivity index (χ3n) is 10.2. The largest absolute Gasteiger partial charge is 0.456 e. The van der Waals surface area contributed by atoms with Gasteiger partial charge in [-0.25, -0.2) is 15.0 Å². The van der Waals surface area contributed by atoms with E-state index >= 15 is 0 Å². The number of hydrogen-bond donors (Lipinski definition) is 0. The van der Waals surface area contributed by atoms with Crippen molar-refractivity contribution in [3.05, 3.63) is 170 Å². The minimum absolute atomic E-state index is 0.591. The van der Waals surface area contributed by atoms with Crippen molar-refractivity contribution in [1.29, 1.82) is 0 Å². The first-order chi connectivity index (χ1) is 25.8.